The molecule has 0 N–H and O–H groups in total. The lowest BCUT2D eigenvalue weighted by molar-refractivity contribution is -0.146. The molecule has 0 aromatic heterocycles. The van der Waals surface area contributed by atoms with E-state index in [2.05, 4.69) is 4.99 Å². The molecule has 0 spiro atoms. The molecule has 142 valence electrons. The van der Waals surface area contributed by atoms with Crippen LogP contribution in [0.15, 0.2) is 59.6 Å². The van der Waals surface area contributed by atoms with E-state index >= 15 is 0 Å². The first-order chi connectivity index (χ1) is 13.1. The Morgan fingerprint density at radius 2 is 1.81 bits per heavy atom. The second-order valence-electron chi connectivity index (χ2n) is 6.21. The number of carbonyl (C=O) groups excluding carboxylic acids is 1. The third-order valence-corrected chi connectivity index (χ3v) is 4.41. The van der Waals surface area contributed by atoms with E-state index < -0.39 is 18.1 Å². The number of carbonyl (C=O) groups is 1. The first-order valence-corrected chi connectivity index (χ1v) is 8.74. The number of rotatable bonds is 7. The minimum Gasteiger partial charge on any atom is -0.497 e. The zero-order valence-corrected chi connectivity index (χ0v) is 15.6. The van der Waals surface area contributed by atoms with Crippen LogP contribution < -0.4 is 4.74 Å². The van der Waals surface area contributed by atoms with Crippen LogP contribution >= 0.6 is 0 Å². The van der Waals surface area contributed by atoms with Crippen LogP contribution in [0.25, 0.3) is 0 Å². The van der Waals surface area contributed by atoms with Gasteiger partial charge in [0, 0.05) is 5.56 Å². The summed E-state index contributed by atoms with van der Waals surface area (Å²) in [5, 5.41) is 0. The highest BCUT2D eigenvalue weighted by Crippen LogP contribution is 2.25. The topological polar surface area (TPSA) is 66.4 Å². The van der Waals surface area contributed by atoms with Gasteiger partial charge in [-0.1, -0.05) is 30.3 Å². The van der Waals surface area contributed by atoms with Crippen molar-refractivity contribution in [1.82, 2.24) is 0 Å². The highest BCUT2D eigenvalue weighted by atomic mass is 16.6. The Labute approximate surface area is 158 Å². The molecule has 2 aromatic rings. The average Bonchev–Trinajstić information content (AvgIpc) is 3.18. The van der Waals surface area contributed by atoms with Crippen LogP contribution in [0.3, 0.4) is 0 Å². The number of ether oxygens (including phenoxy) is 4. The maximum atomic E-state index is 12.2. The zero-order valence-electron chi connectivity index (χ0n) is 15.6. The van der Waals surface area contributed by atoms with E-state index in [1.807, 2.05) is 61.5 Å². The predicted octanol–water partition coefficient (Wildman–Crippen LogP) is 2.99. The fourth-order valence-electron chi connectivity index (χ4n) is 2.86. The number of methoxy groups -OCH3 is 2. The summed E-state index contributed by atoms with van der Waals surface area (Å²) in [7, 11) is 2.95. The van der Waals surface area contributed by atoms with E-state index in [4.69, 9.17) is 18.9 Å². The number of esters is 1. The average molecular weight is 369 g/mol. The summed E-state index contributed by atoms with van der Waals surface area (Å²) in [6.45, 7) is 2.30. The summed E-state index contributed by atoms with van der Waals surface area (Å²) >= 11 is 0. The van der Waals surface area contributed by atoms with Crippen molar-refractivity contribution in [3.05, 3.63) is 65.7 Å². The molecule has 2 aromatic carbocycles. The normalized spacial score (nSPS) is 19.7. The number of hydrogen-bond donors (Lipinski definition) is 0. The van der Waals surface area contributed by atoms with Crippen molar-refractivity contribution in [3.63, 3.8) is 0 Å². The van der Waals surface area contributed by atoms with Gasteiger partial charge >= 0.3 is 5.97 Å². The molecule has 0 aliphatic carbocycles. The van der Waals surface area contributed by atoms with Gasteiger partial charge in [0.05, 0.1) is 26.9 Å². The lowest BCUT2D eigenvalue weighted by Crippen LogP contribution is -2.40. The van der Waals surface area contributed by atoms with Crippen LogP contribution in [0.2, 0.25) is 0 Å². The monoisotopic (exact) mass is 369 g/mol. The molecule has 0 amide bonds. The predicted molar refractivity (Wildman–Crippen MR) is 101 cm³/mol. The summed E-state index contributed by atoms with van der Waals surface area (Å²) in [4.78, 5) is 16.6. The van der Waals surface area contributed by atoms with Crippen molar-refractivity contribution < 1.29 is 23.7 Å². The largest absolute Gasteiger partial charge is 0.497 e. The van der Waals surface area contributed by atoms with E-state index in [9.17, 15) is 4.79 Å². The minimum atomic E-state index is -0.766. The SMILES string of the molecule is COC(=O)[C@@H]1N=C(c2ccc(OC)cc2)O[C@H]1[C@H](C)OCc1ccccc1. The first-order valence-electron chi connectivity index (χ1n) is 8.74. The molecule has 0 radical (unpaired) electrons. The Hall–Kier alpha value is -2.86. The Balaban J connectivity index is 1.72. The molecule has 1 heterocycles. The van der Waals surface area contributed by atoms with Crippen LogP contribution in [0.1, 0.15) is 18.1 Å². The second kappa shape index (κ2) is 8.68. The molecular formula is C21H23NO5. The number of aliphatic imine (C=N–C) groups is 1. The Morgan fingerprint density at radius 1 is 1.11 bits per heavy atom. The van der Waals surface area contributed by atoms with Gasteiger partial charge in [-0.15, -0.1) is 0 Å². The van der Waals surface area contributed by atoms with Gasteiger partial charge in [-0.05, 0) is 36.8 Å². The third-order valence-electron chi connectivity index (χ3n) is 4.41. The molecule has 1 aliphatic heterocycles. The lowest BCUT2D eigenvalue weighted by Gasteiger charge is -2.23. The molecule has 27 heavy (non-hydrogen) atoms. The standard InChI is InChI=1S/C21H23NO5/c1-14(26-13-15-7-5-4-6-8-15)19-18(21(23)25-3)22-20(27-19)16-9-11-17(24-2)12-10-16/h4-12,14,18-19H,13H2,1-3H3/t14-,18+,19-/m0/s1. The van der Waals surface area contributed by atoms with E-state index in [-0.39, 0.29) is 6.10 Å². The van der Waals surface area contributed by atoms with E-state index in [0.717, 1.165) is 16.9 Å². The molecule has 0 fully saturated rings. The third kappa shape index (κ3) is 4.46. The van der Waals surface area contributed by atoms with Crippen molar-refractivity contribution in [1.29, 1.82) is 0 Å². The maximum Gasteiger partial charge on any atom is 0.334 e. The van der Waals surface area contributed by atoms with Gasteiger partial charge in [0.1, 0.15) is 5.75 Å². The zero-order chi connectivity index (χ0) is 19.2. The summed E-state index contributed by atoms with van der Waals surface area (Å²) in [5.74, 6) is 0.685. The lowest BCUT2D eigenvalue weighted by atomic mass is 10.1. The van der Waals surface area contributed by atoms with Gasteiger partial charge in [-0.3, -0.25) is 0 Å². The highest BCUT2D eigenvalue weighted by molar-refractivity contribution is 5.98. The number of hydrogen-bond acceptors (Lipinski definition) is 6. The van der Waals surface area contributed by atoms with Gasteiger partial charge in [0.2, 0.25) is 5.90 Å². The number of nitrogens with zero attached hydrogens (tertiary/aromatic N) is 1. The van der Waals surface area contributed by atoms with Crippen LogP contribution in [-0.4, -0.2) is 44.3 Å². The van der Waals surface area contributed by atoms with Crippen molar-refractivity contribution in [2.24, 2.45) is 4.99 Å². The van der Waals surface area contributed by atoms with Crippen molar-refractivity contribution in [2.45, 2.75) is 31.8 Å². The molecule has 0 saturated heterocycles. The highest BCUT2D eigenvalue weighted by Gasteiger charge is 2.41. The first kappa shape index (κ1) is 18.9. The van der Waals surface area contributed by atoms with Gasteiger partial charge in [0.25, 0.3) is 0 Å². The van der Waals surface area contributed by atoms with Gasteiger partial charge < -0.3 is 18.9 Å². The van der Waals surface area contributed by atoms with Crippen LogP contribution in [0.4, 0.5) is 0 Å². The summed E-state index contributed by atoms with van der Waals surface area (Å²) in [6.07, 6.45) is -0.910. The van der Waals surface area contributed by atoms with Crippen molar-refractivity contribution in [2.75, 3.05) is 14.2 Å². The maximum absolute atomic E-state index is 12.2. The molecule has 3 atom stereocenters. The fourth-order valence-corrected chi connectivity index (χ4v) is 2.86. The van der Waals surface area contributed by atoms with Gasteiger partial charge in [-0.2, -0.15) is 0 Å². The second-order valence-corrected chi connectivity index (χ2v) is 6.21. The van der Waals surface area contributed by atoms with Gasteiger partial charge in [-0.25, -0.2) is 9.79 Å². The molecule has 3 rings (SSSR count). The minimum absolute atomic E-state index is 0.353. The Kier molecular flexibility index (Phi) is 6.08. The number of benzene rings is 2. The van der Waals surface area contributed by atoms with E-state index in [1.54, 1.807) is 7.11 Å². The molecule has 1 aliphatic rings. The molecular weight excluding hydrogens is 346 g/mol. The summed E-state index contributed by atoms with van der Waals surface area (Å²) in [6, 6.07) is 16.4. The quantitative estimate of drug-likeness (QED) is 0.702. The van der Waals surface area contributed by atoms with Crippen LogP contribution in [0, 0.1) is 0 Å². The van der Waals surface area contributed by atoms with Crippen molar-refractivity contribution >= 4 is 11.9 Å². The molecule has 6 nitrogen and oxygen atoms in total. The molecule has 0 unspecified atom stereocenters. The Morgan fingerprint density at radius 3 is 2.44 bits per heavy atom. The Bertz CT molecular complexity index is 788. The molecule has 0 saturated carbocycles. The summed E-state index contributed by atoms with van der Waals surface area (Å²) in [5.41, 5.74) is 1.82. The fraction of sp³-hybridized carbons (Fsp3) is 0.333. The van der Waals surface area contributed by atoms with Crippen LogP contribution in [-0.2, 0) is 25.6 Å². The molecule has 0 bridgehead atoms. The van der Waals surface area contributed by atoms with Crippen LogP contribution in [0.5, 0.6) is 5.75 Å². The summed E-state index contributed by atoms with van der Waals surface area (Å²) < 4.78 is 22.0. The van der Waals surface area contributed by atoms with Crippen molar-refractivity contribution in [3.8, 4) is 5.75 Å². The van der Waals surface area contributed by atoms with Gasteiger partial charge in [0.15, 0.2) is 12.1 Å². The van der Waals surface area contributed by atoms with E-state index in [0.29, 0.717) is 12.5 Å². The van der Waals surface area contributed by atoms with E-state index in [1.165, 1.54) is 7.11 Å². The smallest absolute Gasteiger partial charge is 0.334 e. The molecule has 6 heteroatoms.